The number of aromatic carboxylic acids is 1. The van der Waals surface area contributed by atoms with Gasteiger partial charge in [-0.2, -0.15) is 0 Å². The minimum absolute atomic E-state index is 0.0139. The van der Waals surface area contributed by atoms with Crippen molar-refractivity contribution in [2.75, 3.05) is 17.7 Å². The highest BCUT2D eigenvalue weighted by molar-refractivity contribution is 7.99. The number of carbonyl (C=O) groups is 2. The molecule has 0 spiro atoms. The smallest absolute Gasteiger partial charge is 0.234 e. The average Bonchev–Trinajstić information content (AvgIpc) is 3.30. The van der Waals surface area contributed by atoms with Crippen molar-refractivity contribution < 1.29 is 24.2 Å². The van der Waals surface area contributed by atoms with Crippen molar-refractivity contribution >= 4 is 29.3 Å². The van der Waals surface area contributed by atoms with Crippen LogP contribution in [0.15, 0.2) is 78.0 Å². The predicted molar refractivity (Wildman–Crippen MR) is 138 cm³/mol. The summed E-state index contributed by atoms with van der Waals surface area (Å²) in [6.07, 6.45) is 0. The number of carboxylic acid groups (broad SMARTS) is 1. The number of aryl methyl sites for hydroxylation is 1. The molecule has 0 fully saturated rings. The summed E-state index contributed by atoms with van der Waals surface area (Å²) >= 11 is 1.20. The number of anilines is 1. The zero-order valence-electron chi connectivity index (χ0n) is 20.3. The molecule has 0 aliphatic rings. The Bertz CT molecular complexity index is 1390. The number of nitrogens with one attached hydrogen (secondary N) is 1. The van der Waals surface area contributed by atoms with E-state index < -0.39 is 5.97 Å². The monoisotopic (exact) mass is 517 g/mol. The molecule has 0 saturated carbocycles. The Balaban J connectivity index is 1.50. The molecule has 0 bridgehead atoms. The second kappa shape index (κ2) is 12.1. The summed E-state index contributed by atoms with van der Waals surface area (Å²) in [7, 11) is 0. The Morgan fingerprint density at radius 1 is 0.973 bits per heavy atom. The highest BCUT2D eigenvalue weighted by atomic mass is 32.2. The Morgan fingerprint density at radius 2 is 1.78 bits per heavy atom. The maximum atomic E-state index is 12.6. The first kappa shape index (κ1) is 25.8. The van der Waals surface area contributed by atoms with Crippen molar-refractivity contribution in [3.05, 3.63) is 89.7 Å². The third kappa shape index (κ3) is 6.68. The van der Waals surface area contributed by atoms with E-state index in [0.717, 1.165) is 11.3 Å². The van der Waals surface area contributed by atoms with Crippen LogP contribution in [-0.4, -0.2) is 39.0 Å². The van der Waals surface area contributed by atoms with Crippen molar-refractivity contribution in [3.63, 3.8) is 0 Å². The van der Waals surface area contributed by atoms with Gasteiger partial charge in [-0.15, -0.1) is 10.2 Å². The first-order valence-electron chi connectivity index (χ1n) is 11.5. The van der Waals surface area contributed by atoms with Crippen LogP contribution in [0.2, 0.25) is 0 Å². The summed E-state index contributed by atoms with van der Waals surface area (Å²) in [5, 5.41) is 22.9. The lowest BCUT2D eigenvalue weighted by molar-refractivity contribution is -0.255. The molecule has 190 valence electrons. The van der Waals surface area contributed by atoms with E-state index in [4.69, 9.17) is 9.47 Å². The molecule has 0 aliphatic carbocycles. The normalized spacial score (nSPS) is 10.6. The van der Waals surface area contributed by atoms with Gasteiger partial charge in [0.1, 0.15) is 6.61 Å². The predicted octanol–water partition coefficient (Wildman–Crippen LogP) is 3.65. The Hall–Kier alpha value is -4.31. The number of carbonyl (C=O) groups excluding carboxylic acids is 2. The molecular formula is C27H25N4O5S-. The molecule has 0 saturated heterocycles. The van der Waals surface area contributed by atoms with E-state index in [9.17, 15) is 14.7 Å². The van der Waals surface area contributed by atoms with E-state index in [0.29, 0.717) is 34.8 Å². The molecule has 1 aromatic heterocycles. The molecule has 4 aromatic rings. The molecule has 0 radical (unpaired) electrons. The van der Waals surface area contributed by atoms with Gasteiger partial charge in [-0.3, -0.25) is 9.36 Å². The number of hydrogen-bond acceptors (Lipinski definition) is 8. The Morgan fingerprint density at radius 3 is 2.54 bits per heavy atom. The van der Waals surface area contributed by atoms with Crippen LogP contribution in [0, 0.1) is 6.92 Å². The molecule has 9 nitrogen and oxygen atoms in total. The zero-order valence-corrected chi connectivity index (χ0v) is 21.2. The van der Waals surface area contributed by atoms with Gasteiger partial charge < -0.3 is 24.7 Å². The number of rotatable bonds is 11. The van der Waals surface area contributed by atoms with Crippen LogP contribution in [0.25, 0.3) is 5.69 Å². The summed E-state index contributed by atoms with van der Waals surface area (Å²) in [5.41, 5.74) is 2.24. The standard InChI is InChI=1S/C27H26N4O5S/c1-3-35-23-14-18(2)12-13-22(23)36-16-24-29-30-27(31(24)21-10-5-4-6-11-21)37-17-25(32)28-20-9-7-8-19(15-20)26(33)34/h4-15H,3,16-17H2,1-2H3,(H,28,32)(H,33,34)/p-1. The molecule has 0 atom stereocenters. The van der Waals surface area contributed by atoms with Crippen LogP contribution in [0.5, 0.6) is 11.5 Å². The van der Waals surface area contributed by atoms with Gasteiger partial charge >= 0.3 is 0 Å². The van der Waals surface area contributed by atoms with Crippen molar-refractivity contribution in [1.82, 2.24) is 14.8 Å². The number of amides is 1. The summed E-state index contributed by atoms with van der Waals surface area (Å²) in [4.78, 5) is 23.6. The fourth-order valence-corrected chi connectivity index (χ4v) is 4.29. The molecule has 4 rings (SSSR count). The zero-order chi connectivity index (χ0) is 26.2. The van der Waals surface area contributed by atoms with Crippen molar-refractivity contribution in [1.29, 1.82) is 0 Å². The van der Waals surface area contributed by atoms with E-state index >= 15 is 0 Å². The van der Waals surface area contributed by atoms with Gasteiger partial charge in [-0.05, 0) is 61.4 Å². The Kier molecular flexibility index (Phi) is 8.42. The van der Waals surface area contributed by atoms with E-state index in [2.05, 4.69) is 15.5 Å². The largest absolute Gasteiger partial charge is 0.545 e. The van der Waals surface area contributed by atoms with E-state index in [1.807, 2.05) is 66.9 Å². The van der Waals surface area contributed by atoms with Crippen molar-refractivity contribution in [3.8, 4) is 17.2 Å². The van der Waals surface area contributed by atoms with Crippen molar-refractivity contribution in [2.45, 2.75) is 25.6 Å². The van der Waals surface area contributed by atoms with Crippen LogP contribution in [0.4, 0.5) is 5.69 Å². The third-order valence-corrected chi connectivity index (χ3v) is 6.11. The first-order valence-corrected chi connectivity index (χ1v) is 12.5. The summed E-state index contributed by atoms with van der Waals surface area (Å²) in [5.74, 6) is 0.217. The molecular weight excluding hydrogens is 492 g/mol. The average molecular weight is 518 g/mol. The van der Waals surface area contributed by atoms with Gasteiger partial charge in [-0.25, -0.2) is 0 Å². The van der Waals surface area contributed by atoms with Crippen molar-refractivity contribution in [2.24, 2.45) is 0 Å². The highest BCUT2D eigenvalue weighted by Crippen LogP contribution is 2.30. The minimum Gasteiger partial charge on any atom is -0.545 e. The van der Waals surface area contributed by atoms with Gasteiger partial charge in [-0.1, -0.05) is 48.2 Å². The molecule has 0 aliphatic heterocycles. The van der Waals surface area contributed by atoms with E-state index in [1.54, 1.807) is 6.07 Å². The quantitative estimate of drug-likeness (QED) is 0.300. The summed E-state index contributed by atoms with van der Waals surface area (Å²) in [6, 6.07) is 21.2. The van der Waals surface area contributed by atoms with Crippen LogP contribution in [0.1, 0.15) is 28.7 Å². The van der Waals surface area contributed by atoms with Gasteiger partial charge in [0, 0.05) is 11.4 Å². The lowest BCUT2D eigenvalue weighted by Gasteiger charge is -2.14. The van der Waals surface area contributed by atoms with Gasteiger partial charge in [0.05, 0.1) is 18.3 Å². The van der Waals surface area contributed by atoms with Gasteiger partial charge in [0.15, 0.2) is 22.5 Å². The number of aromatic nitrogens is 3. The topological polar surface area (TPSA) is 118 Å². The number of carboxylic acids is 1. The third-order valence-electron chi connectivity index (χ3n) is 5.18. The maximum Gasteiger partial charge on any atom is 0.234 e. The van der Waals surface area contributed by atoms with Crippen LogP contribution >= 0.6 is 11.8 Å². The van der Waals surface area contributed by atoms with Crippen LogP contribution in [0.3, 0.4) is 0 Å². The lowest BCUT2D eigenvalue weighted by Crippen LogP contribution is -2.22. The molecule has 37 heavy (non-hydrogen) atoms. The molecule has 1 heterocycles. The first-order chi connectivity index (χ1) is 17.9. The summed E-state index contributed by atoms with van der Waals surface area (Å²) < 4.78 is 13.6. The molecule has 10 heteroatoms. The second-order valence-electron chi connectivity index (χ2n) is 7.95. The van der Waals surface area contributed by atoms with Crippen LogP contribution in [-0.2, 0) is 11.4 Å². The highest BCUT2D eigenvalue weighted by Gasteiger charge is 2.17. The number of nitrogens with zero attached hydrogens (tertiary/aromatic N) is 3. The number of thioether (sulfide) groups is 1. The molecule has 3 aromatic carbocycles. The number of para-hydroxylation sites is 1. The fraction of sp³-hybridized carbons (Fsp3) is 0.185. The maximum absolute atomic E-state index is 12.6. The molecule has 0 unspecified atom stereocenters. The molecule has 1 N–H and O–H groups in total. The number of benzene rings is 3. The number of ether oxygens (including phenoxy) is 2. The second-order valence-corrected chi connectivity index (χ2v) is 8.89. The fourth-order valence-electron chi connectivity index (χ4n) is 3.52. The lowest BCUT2D eigenvalue weighted by atomic mass is 10.2. The summed E-state index contributed by atoms with van der Waals surface area (Å²) in [6.45, 7) is 4.55. The number of hydrogen-bond donors (Lipinski definition) is 1. The minimum atomic E-state index is -1.31. The Labute approximate surface area is 218 Å². The molecule has 1 amide bonds. The van der Waals surface area contributed by atoms with Crippen LogP contribution < -0.4 is 19.9 Å². The van der Waals surface area contributed by atoms with Gasteiger partial charge in [0.25, 0.3) is 0 Å². The van der Waals surface area contributed by atoms with Gasteiger partial charge in [0.2, 0.25) is 5.91 Å². The SMILES string of the molecule is CCOc1cc(C)ccc1OCc1nnc(SCC(=O)Nc2cccc(C(=O)[O-])c2)n1-c1ccccc1. The van der Waals surface area contributed by atoms with E-state index in [-0.39, 0.29) is 23.8 Å². The van der Waals surface area contributed by atoms with E-state index in [1.165, 1.54) is 30.0 Å².